The molecule has 0 amide bonds. The number of hydrogen-bond donors (Lipinski definition) is 0. The van der Waals surface area contributed by atoms with Crippen LogP contribution in [0.4, 0.5) is 0 Å². The Morgan fingerprint density at radius 1 is 0.941 bits per heavy atom. The normalized spacial score (nSPS) is 45.9. The van der Waals surface area contributed by atoms with E-state index in [1.165, 1.54) is 44.9 Å². The average Bonchev–Trinajstić information content (AvgIpc) is 3.39. The molecule has 0 aromatic carbocycles. The van der Waals surface area contributed by atoms with Crippen molar-refractivity contribution in [2.45, 2.75) is 117 Å². The molecule has 0 radical (unpaired) electrons. The van der Waals surface area contributed by atoms with Crippen molar-refractivity contribution in [1.82, 2.24) is 0 Å². The molecular weight excluding hydrogens is 422 g/mol. The zero-order chi connectivity index (χ0) is 24.1. The number of hydrogen-bond acceptors (Lipinski definition) is 3. The fourth-order valence-electron chi connectivity index (χ4n) is 10.3. The maximum atomic E-state index is 9.10. The monoisotopic (exact) mass is 471 g/mol. The van der Waals surface area contributed by atoms with Gasteiger partial charge in [0.15, 0.2) is 5.79 Å². The van der Waals surface area contributed by atoms with Gasteiger partial charge in [-0.25, -0.2) is 0 Å². The van der Waals surface area contributed by atoms with Gasteiger partial charge in [-0.3, -0.25) is 0 Å². The van der Waals surface area contributed by atoms with Crippen molar-refractivity contribution < 1.29 is 9.47 Å². The molecule has 1 aliphatic heterocycles. The Labute approximate surface area is 207 Å². The summed E-state index contributed by atoms with van der Waals surface area (Å²) in [4.78, 5) is 3.17. The Morgan fingerprint density at radius 2 is 1.65 bits per heavy atom. The van der Waals surface area contributed by atoms with Gasteiger partial charge >= 0.3 is 0 Å². The van der Waals surface area contributed by atoms with Crippen LogP contribution in [0.15, 0.2) is 5.11 Å². The van der Waals surface area contributed by atoms with Gasteiger partial charge in [-0.15, -0.1) is 0 Å². The minimum absolute atomic E-state index is 0.0979. The lowest BCUT2D eigenvalue weighted by atomic mass is 9.43. The quantitative estimate of drug-likeness (QED) is 0.223. The van der Waals surface area contributed by atoms with Gasteiger partial charge in [-0.2, -0.15) is 0 Å². The molecule has 4 saturated carbocycles. The average molecular weight is 472 g/mol. The van der Waals surface area contributed by atoms with E-state index in [1.54, 1.807) is 0 Å². The topological polar surface area (TPSA) is 67.2 Å². The van der Waals surface area contributed by atoms with Crippen LogP contribution >= 0.6 is 0 Å². The maximum absolute atomic E-state index is 9.10. The molecule has 34 heavy (non-hydrogen) atoms. The van der Waals surface area contributed by atoms with Crippen LogP contribution in [-0.2, 0) is 9.47 Å². The highest BCUT2D eigenvalue weighted by molar-refractivity contribution is 5.14. The van der Waals surface area contributed by atoms with E-state index in [4.69, 9.17) is 15.0 Å². The van der Waals surface area contributed by atoms with Crippen LogP contribution < -0.4 is 0 Å². The predicted molar refractivity (Wildman–Crippen MR) is 136 cm³/mol. The summed E-state index contributed by atoms with van der Waals surface area (Å²) in [6, 6.07) is 0.0979. The first kappa shape index (κ1) is 24.9. The molecule has 5 aliphatic rings. The second-order valence-electron chi connectivity index (χ2n) is 13.8. The van der Waals surface area contributed by atoms with Crippen molar-refractivity contribution in [3.63, 3.8) is 0 Å². The SMILES string of the molecule is CC(C)CCC[C@@H](C)[C@H]1CC[C@H]2[C@@H]3CC4(OCCO4)C4C[C@H](N=[N+]=[N-])CC[C@]4(C)[C@H]3CC[C@]12C. The molecule has 0 N–H and O–H groups in total. The van der Waals surface area contributed by atoms with Crippen LogP contribution in [0, 0.1) is 52.3 Å². The second-order valence-corrected chi connectivity index (χ2v) is 13.8. The van der Waals surface area contributed by atoms with E-state index in [0.717, 1.165) is 55.3 Å². The molecule has 1 unspecified atom stereocenters. The molecule has 192 valence electrons. The first-order chi connectivity index (χ1) is 16.2. The van der Waals surface area contributed by atoms with Gasteiger partial charge in [0.25, 0.3) is 0 Å². The molecule has 1 saturated heterocycles. The molecule has 0 aromatic heterocycles. The van der Waals surface area contributed by atoms with Crippen molar-refractivity contribution in [3.05, 3.63) is 10.4 Å². The zero-order valence-electron chi connectivity index (χ0n) is 22.5. The van der Waals surface area contributed by atoms with Crippen molar-refractivity contribution in [2.75, 3.05) is 13.2 Å². The first-order valence-electron chi connectivity index (χ1n) is 14.6. The minimum atomic E-state index is -0.446. The second kappa shape index (κ2) is 9.27. The van der Waals surface area contributed by atoms with Gasteiger partial charge in [0.1, 0.15) is 0 Å². The molecule has 0 aromatic rings. The Hall–Kier alpha value is -0.770. The summed E-state index contributed by atoms with van der Waals surface area (Å²) in [6.45, 7) is 13.9. The summed E-state index contributed by atoms with van der Waals surface area (Å²) < 4.78 is 13.1. The highest BCUT2D eigenvalue weighted by Gasteiger charge is 2.67. The molecule has 5 heteroatoms. The Bertz CT molecular complexity index is 788. The standard InChI is InChI=1S/C29H49N3O2/c1-19(2)7-6-8-20(3)23-9-10-24-22-18-29(33-15-16-34-29)26-17-21(31-32-30)11-13-28(26,5)25(22)12-14-27(23,24)4/h19-26H,6-18H2,1-5H3/t20-,21-,22+,23-,24+,25+,26?,27-,28-/m1/s1. The number of azide groups is 1. The first-order valence-corrected chi connectivity index (χ1v) is 14.6. The summed E-state index contributed by atoms with van der Waals surface area (Å²) in [7, 11) is 0. The van der Waals surface area contributed by atoms with E-state index in [1.807, 2.05) is 0 Å². The summed E-state index contributed by atoms with van der Waals surface area (Å²) in [5.41, 5.74) is 9.81. The van der Waals surface area contributed by atoms with Gasteiger partial charge in [-0.05, 0) is 96.8 Å². The van der Waals surface area contributed by atoms with Crippen LogP contribution in [0.3, 0.4) is 0 Å². The van der Waals surface area contributed by atoms with Crippen molar-refractivity contribution in [1.29, 1.82) is 0 Å². The lowest BCUT2D eigenvalue weighted by Crippen LogP contribution is -2.63. The Kier molecular flexibility index (Phi) is 6.79. The molecular formula is C29H49N3O2. The highest BCUT2D eigenvalue weighted by Crippen LogP contribution is 2.71. The molecule has 5 nitrogen and oxygen atoms in total. The van der Waals surface area contributed by atoms with Crippen LogP contribution in [0.1, 0.15) is 105 Å². The van der Waals surface area contributed by atoms with Gasteiger partial charge in [0, 0.05) is 23.3 Å². The summed E-state index contributed by atoms with van der Waals surface area (Å²) >= 11 is 0. The van der Waals surface area contributed by atoms with Crippen molar-refractivity contribution in [2.24, 2.45) is 57.4 Å². The van der Waals surface area contributed by atoms with E-state index < -0.39 is 5.79 Å². The fraction of sp³-hybridized carbons (Fsp3) is 1.00. The van der Waals surface area contributed by atoms with Crippen LogP contribution in [0.25, 0.3) is 10.4 Å². The third-order valence-electron chi connectivity index (χ3n) is 11.8. The van der Waals surface area contributed by atoms with Crippen LogP contribution in [0.2, 0.25) is 0 Å². The number of nitrogens with zero attached hydrogens (tertiary/aromatic N) is 3. The summed E-state index contributed by atoms with van der Waals surface area (Å²) in [5, 5.41) is 4.16. The van der Waals surface area contributed by atoms with Gasteiger partial charge in [0.2, 0.25) is 0 Å². The van der Waals surface area contributed by atoms with Crippen molar-refractivity contribution in [3.8, 4) is 0 Å². The molecule has 5 rings (SSSR count). The Balaban J connectivity index is 1.39. The molecule has 4 aliphatic carbocycles. The third kappa shape index (κ3) is 3.93. The van der Waals surface area contributed by atoms with Crippen LogP contribution in [0.5, 0.6) is 0 Å². The van der Waals surface area contributed by atoms with E-state index in [-0.39, 0.29) is 11.5 Å². The van der Waals surface area contributed by atoms with E-state index in [2.05, 4.69) is 44.6 Å². The Morgan fingerprint density at radius 3 is 2.35 bits per heavy atom. The third-order valence-corrected chi connectivity index (χ3v) is 11.8. The smallest absolute Gasteiger partial charge is 0.172 e. The number of rotatable bonds is 6. The van der Waals surface area contributed by atoms with E-state index in [9.17, 15) is 0 Å². The van der Waals surface area contributed by atoms with E-state index in [0.29, 0.717) is 30.5 Å². The number of fused-ring (bicyclic) bond motifs is 6. The summed E-state index contributed by atoms with van der Waals surface area (Å²) in [5.74, 6) is 4.71. The number of ether oxygens (including phenoxy) is 2. The minimum Gasteiger partial charge on any atom is -0.347 e. The predicted octanol–water partition coefficient (Wildman–Crippen LogP) is 8.14. The molecule has 5 fully saturated rings. The lowest BCUT2D eigenvalue weighted by molar-refractivity contribution is -0.293. The maximum Gasteiger partial charge on any atom is 0.172 e. The highest BCUT2D eigenvalue weighted by atomic mass is 16.7. The zero-order valence-corrected chi connectivity index (χ0v) is 22.5. The van der Waals surface area contributed by atoms with Gasteiger partial charge in [-0.1, -0.05) is 59.0 Å². The van der Waals surface area contributed by atoms with Gasteiger partial charge < -0.3 is 9.47 Å². The molecule has 9 atom stereocenters. The fourth-order valence-corrected chi connectivity index (χ4v) is 10.3. The van der Waals surface area contributed by atoms with Crippen molar-refractivity contribution >= 4 is 0 Å². The lowest BCUT2D eigenvalue weighted by Gasteiger charge is -2.65. The molecule has 1 heterocycles. The molecule has 1 spiro atoms. The largest absolute Gasteiger partial charge is 0.347 e. The van der Waals surface area contributed by atoms with Gasteiger partial charge in [0.05, 0.1) is 13.2 Å². The summed E-state index contributed by atoms with van der Waals surface area (Å²) in [6.07, 6.45) is 13.9. The van der Waals surface area contributed by atoms with Crippen LogP contribution in [-0.4, -0.2) is 25.0 Å². The molecule has 0 bridgehead atoms. The van der Waals surface area contributed by atoms with E-state index >= 15 is 0 Å².